The van der Waals surface area contributed by atoms with Crippen LogP contribution in [0, 0.1) is 11.3 Å². The molecule has 0 saturated heterocycles. The van der Waals surface area contributed by atoms with Crippen molar-refractivity contribution in [3.63, 3.8) is 0 Å². The molecule has 0 saturated carbocycles. The van der Waals surface area contributed by atoms with Gasteiger partial charge in [0.1, 0.15) is 11.6 Å². The number of hydrogen-bond donors (Lipinski definition) is 1. The molecule has 0 aliphatic heterocycles. The Morgan fingerprint density at radius 3 is 2.39 bits per heavy atom. The molecule has 3 aromatic carbocycles. The number of nitrogens with zero attached hydrogens (tertiary/aromatic N) is 2. The molecule has 152 valence electrons. The first kappa shape index (κ1) is 20.2. The smallest absolute Gasteiger partial charge is 0.266 e. The Bertz CT molecular complexity index is 1280. The Hall–Kier alpha value is -4.10. The average molecular weight is 406 g/mol. The summed E-state index contributed by atoms with van der Waals surface area (Å²) in [6.45, 7) is 2.80. The van der Waals surface area contributed by atoms with Crippen LogP contribution in [-0.2, 0) is 17.8 Å². The molecule has 0 aliphatic rings. The first-order valence-corrected chi connectivity index (χ1v) is 10.3. The summed E-state index contributed by atoms with van der Waals surface area (Å²) in [5, 5.41) is 13.5. The molecule has 0 aliphatic carbocycles. The van der Waals surface area contributed by atoms with E-state index in [1.54, 1.807) is 6.08 Å². The number of carbonyl (C=O) groups excluding carboxylic acids is 1. The van der Waals surface area contributed by atoms with E-state index in [9.17, 15) is 10.1 Å². The summed E-state index contributed by atoms with van der Waals surface area (Å²) in [6, 6.07) is 28.0. The summed E-state index contributed by atoms with van der Waals surface area (Å²) in [7, 11) is 0. The van der Waals surface area contributed by atoms with Gasteiger partial charge in [-0.05, 0) is 41.8 Å². The number of hydrogen-bond acceptors (Lipinski definition) is 2. The molecule has 0 unspecified atom stereocenters. The van der Waals surface area contributed by atoms with Crippen LogP contribution >= 0.6 is 0 Å². The van der Waals surface area contributed by atoms with E-state index in [2.05, 4.69) is 41.1 Å². The largest absolute Gasteiger partial charge is 0.342 e. The molecule has 0 fully saturated rings. The van der Waals surface area contributed by atoms with Gasteiger partial charge in [-0.25, -0.2) is 0 Å². The maximum Gasteiger partial charge on any atom is 0.266 e. The summed E-state index contributed by atoms with van der Waals surface area (Å²) in [6.07, 6.45) is 4.60. The molecule has 0 radical (unpaired) electrons. The van der Waals surface area contributed by atoms with Gasteiger partial charge in [0.15, 0.2) is 0 Å². The average Bonchev–Trinajstić information content (AvgIpc) is 3.15. The highest BCUT2D eigenvalue weighted by Gasteiger charge is 2.13. The number of anilines is 1. The number of aromatic nitrogens is 1. The Labute approximate surface area is 182 Å². The summed E-state index contributed by atoms with van der Waals surface area (Å²) < 4.78 is 2.15. The van der Waals surface area contributed by atoms with Crippen LogP contribution in [0.4, 0.5) is 5.69 Å². The van der Waals surface area contributed by atoms with Gasteiger partial charge in [-0.3, -0.25) is 4.79 Å². The number of para-hydroxylation sites is 1. The number of carbonyl (C=O) groups is 1. The Morgan fingerprint density at radius 2 is 1.68 bits per heavy atom. The monoisotopic (exact) mass is 405 g/mol. The Balaban J connectivity index is 1.64. The van der Waals surface area contributed by atoms with Gasteiger partial charge in [-0.15, -0.1) is 0 Å². The van der Waals surface area contributed by atoms with E-state index in [1.807, 2.05) is 66.9 Å². The molecule has 1 aromatic heterocycles. The van der Waals surface area contributed by atoms with Gasteiger partial charge < -0.3 is 9.88 Å². The number of aryl methyl sites for hydroxylation is 1. The van der Waals surface area contributed by atoms with E-state index in [0.717, 1.165) is 22.9 Å². The number of fused-ring (bicyclic) bond motifs is 1. The van der Waals surface area contributed by atoms with Gasteiger partial charge in [-0.2, -0.15) is 5.26 Å². The van der Waals surface area contributed by atoms with Crippen LogP contribution in [0.25, 0.3) is 17.0 Å². The zero-order chi connectivity index (χ0) is 21.6. The van der Waals surface area contributed by atoms with E-state index in [0.29, 0.717) is 12.2 Å². The zero-order valence-corrected chi connectivity index (χ0v) is 17.4. The predicted octanol–water partition coefficient (Wildman–Crippen LogP) is 5.80. The van der Waals surface area contributed by atoms with Crippen molar-refractivity contribution in [3.8, 4) is 6.07 Å². The SMILES string of the molecule is CCc1ccc(NC(=O)/C(C#N)=C\c2cn(Cc3ccccc3)c3ccccc23)cc1. The second-order valence-corrected chi connectivity index (χ2v) is 7.39. The zero-order valence-electron chi connectivity index (χ0n) is 17.4. The van der Waals surface area contributed by atoms with Crippen LogP contribution in [0.15, 0.2) is 90.6 Å². The lowest BCUT2D eigenvalue weighted by molar-refractivity contribution is -0.112. The third-order valence-corrected chi connectivity index (χ3v) is 5.30. The van der Waals surface area contributed by atoms with Crippen molar-refractivity contribution in [2.45, 2.75) is 19.9 Å². The molecule has 4 rings (SSSR count). The second-order valence-electron chi connectivity index (χ2n) is 7.39. The van der Waals surface area contributed by atoms with Crippen molar-refractivity contribution in [1.82, 2.24) is 4.57 Å². The van der Waals surface area contributed by atoms with E-state index >= 15 is 0 Å². The lowest BCUT2D eigenvalue weighted by Crippen LogP contribution is -2.13. The van der Waals surface area contributed by atoms with Crippen LogP contribution < -0.4 is 5.32 Å². The highest BCUT2D eigenvalue weighted by molar-refractivity contribution is 6.10. The normalized spacial score (nSPS) is 11.3. The number of nitrogens with one attached hydrogen (secondary N) is 1. The van der Waals surface area contributed by atoms with Crippen molar-refractivity contribution in [3.05, 3.63) is 107 Å². The van der Waals surface area contributed by atoms with E-state index < -0.39 is 5.91 Å². The third kappa shape index (κ3) is 4.57. The fourth-order valence-electron chi connectivity index (χ4n) is 3.63. The molecule has 4 nitrogen and oxygen atoms in total. The topological polar surface area (TPSA) is 57.8 Å². The minimum atomic E-state index is -0.411. The lowest BCUT2D eigenvalue weighted by atomic mass is 10.1. The standard InChI is InChI=1S/C27H23N3O/c1-2-20-12-14-24(15-13-20)29-27(31)22(17-28)16-23-19-30(18-21-8-4-3-5-9-21)26-11-7-6-10-25(23)26/h3-16,19H,2,18H2,1H3,(H,29,31)/b22-16-. The summed E-state index contributed by atoms with van der Waals surface area (Å²) in [5.74, 6) is -0.411. The predicted molar refractivity (Wildman–Crippen MR) is 126 cm³/mol. The third-order valence-electron chi connectivity index (χ3n) is 5.30. The van der Waals surface area contributed by atoms with Gasteiger partial charge in [-0.1, -0.05) is 67.6 Å². The summed E-state index contributed by atoms with van der Waals surface area (Å²) >= 11 is 0. The summed E-state index contributed by atoms with van der Waals surface area (Å²) in [4.78, 5) is 12.7. The van der Waals surface area contributed by atoms with Crippen LogP contribution in [0.3, 0.4) is 0 Å². The fraction of sp³-hybridized carbons (Fsp3) is 0.111. The Kier molecular flexibility index (Phi) is 5.96. The van der Waals surface area contributed by atoms with E-state index in [1.165, 1.54) is 11.1 Å². The second kappa shape index (κ2) is 9.15. The maximum atomic E-state index is 12.7. The van der Waals surface area contributed by atoms with Crippen molar-refractivity contribution < 1.29 is 4.79 Å². The highest BCUT2D eigenvalue weighted by atomic mass is 16.1. The lowest BCUT2D eigenvalue weighted by Gasteiger charge is -2.05. The van der Waals surface area contributed by atoms with Gasteiger partial charge in [0.05, 0.1) is 0 Å². The van der Waals surface area contributed by atoms with Crippen molar-refractivity contribution >= 4 is 28.6 Å². The summed E-state index contributed by atoms with van der Waals surface area (Å²) in [5.41, 5.74) is 5.04. The molecule has 31 heavy (non-hydrogen) atoms. The number of nitriles is 1. The van der Waals surface area contributed by atoms with Crippen LogP contribution in [-0.4, -0.2) is 10.5 Å². The van der Waals surface area contributed by atoms with Crippen LogP contribution in [0.2, 0.25) is 0 Å². The Morgan fingerprint density at radius 1 is 0.968 bits per heavy atom. The van der Waals surface area contributed by atoms with Crippen molar-refractivity contribution in [1.29, 1.82) is 5.26 Å². The van der Waals surface area contributed by atoms with Crippen LogP contribution in [0.5, 0.6) is 0 Å². The number of rotatable bonds is 6. The fourth-order valence-corrected chi connectivity index (χ4v) is 3.63. The molecule has 1 N–H and O–H groups in total. The molecule has 1 amide bonds. The molecule has 0 atom stereocenters. The molecule has 4 aromatic rings. The van der Waals surface area contributed by atoms with Gasteiger partial charge in [0.2, 0.25) is 0 Å². The minimum absolute atomic E-state index is 0.0715. The van der Waals surface area contributed by atoms with Crippen molar-refractivity contribution in [2.75, 3.05) is 5.32 Å². The quantitative estimate of drug-likeness (QED) is 0.326. The maximum absolute atomic E-state index is 12.7. The van der Waals surface area contributed by atoms with Gasteiger partial charge in [0.25, 0.3) is 5.91 Å². The molecular weight excluding hydrogens is 382 g/mol. The van der Waals surface area contributed by atoms with E-state index in [4.69, 9.17) is 0 Å². The van der Waals surface area contributed by atoms with Gasteiger partial charge in [0, 0.05) is 34.9 Å². The van der Waals surface area contributed by atoms with Crippen LogP contribution in [0.1, 0.15) is 23.6 Å². The molecule has 0 spiro atoms. The first-order chi connectivity index (χ1) is 15.2. The van der Waals surface area contributed by atoms with Crippen molar-refractivity contribution in [2.24, 2.45) is 0 Å². The van der Waals surface area contributed by atoms with Gasteiger partial charge >= 0.3 is 0 Å². The minimum Gasteiger partial charge on any atom is -0.342 e. The molecule has 4 heteroatoms. The molecule has 0 bridgehead atoms. The number of benzene rings is 3. The van der Waals surface area contributed by atoms with E-state index in [-0.39, 0.29) is 5.57 Å². The molecular formula is C27H23N3O. The first-order valence-electron chi connectivity index (χ1n) is 10.3. The molecule has 1 heterocycles. The number of amides is 1. The highest BCUT2D eigenvalue weighted by Crippen LogP contribution is 2.25.